The molecular weight excluding hydrogens is 296 g/mol. The van der Waals surface area contributed by atoms with Gasteiger partial charge in [-0.3, -0.25) is 9.59 Å². The normalized spacial score (nSPS) is 12.8. The smallest absolute Gasteiger partial charge is 0.316 e. The minimum Gasteiger partial charge on any atom is -0.459 e. The number of carbonyl (C=O) groups excluding carboxylic acids is 2. The van der Waals surface area contributed by atoms with Gasteiger partial charge in [-0.2, -0.15) is 0 Å². The SMILES string of the molecule is CC(C(=O)CSc1ccccc1Cl)C(=O)OC(C)(C)C. The average Bonchev–Trinajstić information content (AvgIpc) is 2.34. The van der Waals surface area contributed by atoms with Crippen molar-refractivity contribution in [2.24, 2.45) is 5.92 Å². The third-order valence-electron chi connectivity index (χ3n) is 2.45. The van der Waals surface area contributed by atoms with Crippen LogP contribution in [-0.4, -0.2) is 23.1 Å². The number of ketones is 1. The molecule has 0 spiro atoms. The minimum absolute atomic E-state index is 0.163. The van der Waals surface area contributed by atoms with Crippen molar-refractivity contribution in [3.8, 4) is 0 Å². The van der Waals surface area contributed by atoms with E-state index in [1.807, 2.05) is 18.2 Å². The van der Waals surface area contributed by atoms with Gasteiger partial charge >= 0.3 is 5.97 Å². The molecule has 1 rings (SSSR count). The molecule has 0 fully saturated rings. The van der Waals surface area contributed by atoms with Gasteiger partial charge in [-0.25, -0.2) is 0 Å². The van der Waals surface area contributed by atoms with E-state index in [2.05, 4.69) is 0 Å². The summed E-state index contributed by atoms with van der Waals surface area (Å²) in [5.41, 5.74) is -0.582. The van der Waals surface area contributed by atoms with Crippen LogP contribution < -0.4 is 0 Å². The molecule has 0 aliphatic heterocycles. The Kier molecular flexibility index (Phi) is 6.08. The molecule has 0 aromatic heterocycles. The molecule has 0 radical (unpaired) electrons. The van der Waals surface area contributed by atoms with E-state index in [4.69, 9.17) is 16.3 Å². The number of benzene rings is 1. The number of esters is 1. The largest absolute Gasteiger partial charge is 0.459 e. The Balaban J connectivity index is 2.55. The molecule has 0 saturated heterocycles. The van der Waals surface area contributed by atoms with Gasteiger partial charge in [-0.1, -0.05) is 23.7 Å². The van der Waals surface area contributed by atoms with Gasteiger partial charge in [0.1, 0.15) is 11.5 Å². The quantitative estimate of drug-likeness (QED) is 0.468. The number of halogens is 1. The highest BCUT2D eigenvalue weighted by molar-refractivity contribution is 8.00. The second kappa shape index (κ2) is 7.14. The second-order valence-electron chi connectivity index (χ2n) is 5.44. The fourth-order valence-corrected chi connectivity index (χ4v) is 2.59. The molecular formula is C15H19ClO3S. The topological polar surface area (TPSA) is 43.4 Å². The molecule has 0 aliphatic carbocycles. The summed E-state index contributed by atoms with van der Waals surface area (Å²) in [6, 6.07) is 7.30. The highest BCUT2D eigenvalue weighted by Gasteiger charge is 2.26. The van der Waals surface area contributed by atoms with Crippen molar-refractivity contribution >= 4 is 35.1 Å². The number of carbonyl (C=O) groups is 2. The Bertz CT molecular complexity index is 494. The second-order valence-corrected chi connectivity index (χ2v) is 6.86. The molecule has 1 aromatic rings. The first-order valence-corrected chi connectivity index (χ1v) is 7.70. The fraction of sp³-hybridized carbons (Fsp3) is 0.467. The van der Waals surface area contributed by atoms with Crippen molar-refractivity contribution < 1.29 is 14.3 Å². The van der Waals surface area contributed by atoms with Crippen LogP contribution in [0, 0.1) is 5.92 Å². The maximum Gasteiger partial charge on any atom is 0.316 e. The van der Waals surface area contributed by atoms with Crippen molar-refractivity contribution in [3.05, 3.63) is 29.3 Å². The summed E-state index contributed by atoms with van der Waals surface area (Å²) in [6.07, 6.45) is 0. The standard InChI is InChI=1S/C15H19ClO3S/c1-10(14(18)19-15(2,3)4)12(17)9-20-13-8-6-5-7-11(13)16/h5-8,10H,9H2,1-4H3. The lowest BCUT2D eigenvalue weighted by Crippen LogP contribution is -2.31. The number of Topliss-reactive ketones (excluding diaryl/α,β-unsaturated/α-hetero) is 1. The Morgan fingerprint density at radius 3 is 2.45 bits per heavy atom. The van der Waals surface area contributed by atoms with Crippen LogP contribution in [-0.2, 0) is 14.3 Å². The molecule has 110 valence electrons. The lowest BCUT2D eigenvalue weighted by atomic mass is 10.1. The molecule has 5 heteroatoms. The first-order valence-electron chi connectivity index (χ1n) is 6.33. The maximum absolute atomic E-state index is 12.0. The number of ether oxygens (including phenoxy) is 1. The molecule has 0 N–H and O–H groups in total. The Hall–Kier alpha value is -1.00. The summed E-state index contributed by atoms with van der Waals surface area (Å²) >= 11 is 7.34. The van der Waals surface area contributed by atoms with Crippen molar-refractivity contribution in [1.82, 2.24) is 0 Å². The Morgan fingerprint density at radius 1 is 1.30 bits per heavy atom. The molecule has 0 bridgehead atoms. The van der Waals surface area contributed by atoms with Gasteiger partial charge in [0.25, 0.3) is 0 Å². The zero-order chi connectivity index (χ0) is 15.3. The van der Waals surface area contributed by atoms with Crippen molar-refractivity contribution in [3.63, 3.8) is 0 Å². The minimum atomic E-state index is -0.760. The van der Waals surface area contributed by atoms with Crippen LogP contribution in [0.15, 0.2) is 29.2 Å². The summed E-state index contributed by atoms with van der Waals surface area (Å²) in [7, 11) is 0. The van der Waals surface area contributed by atoms with E-state index in [9.17, 15) is 9.59 Å². The van der Waals surface area contributed by atoms with Crippen molar-refractivity contribution in [2.75, 3.05) is 5.75 Å². The van der Waals surface area contributed by atoms with Crippen LogP contribution >= 0.6 is 23.4 Å². The van der Waals surface area contributed by atoms with E-state index < -0.39 is 17.5 Å². The molecule has 1 aromatic carbocycles. The van der Waals surface area contributed by atoms with Crippen LogP contribution in [0.2, 0.25) is 5.02 Å². The highest BCUT2D eigenvalue weighted by atomic mass is 35.5. The van der Waals surface area contributed by atoms with Gasteiger partial charge in [-0.05, 0) is 39.8 Å². The van der Waals surface area contributed by atoms with E-state index >= 15 is 0 Å². The third-order valence-corrected chi connectivity index (χ3v) is 3.99. The predicted molar refractivity (Wildman–Crippen MR) is 82.2 cm³/mol. The Morgan fingerprint density at radius 2 is 1.90 bits per heavy atom. The van der Waals surface area contributed by atoms with E-state index in [1.165, 1.54) is 11.8 Å². The first-order chi connectivity index (χ1) is 9.20. The number of rotatable bonds is 5. The third kappa shape index (κ3) is 5.55. The van der Waals surface area contributed by atoms with Crippen LogP contribution in [0.25, 0.3) is 0 Å². The van der Waals surface area contributed by atoms with E-state index in [0.29, 0.717) is 5.02 Å². The van der Waals surface area contributed by atoms with Gasteiger partial charge in [0.05, 0.1) is 10.8 Å². The van der Waals surface area contributed by atoms with E-state index in [1.54, 1.807) is 33.8 Å². The summed E-state index contributed by atoms with van der Waals surface area (Å²) in [6.45, 7) is 6.91. The molecule has 0 aliphatic rings. The summed E-state index contributed by atoms with van der Waals surface area (Å²) in [5.74, 6) is -1.21. The van der Waals surface area contributed by atoms with Gasteiger partial charge in [0.15, 0.2) is 5.78 Å². The number of thioether (sulfide) groups is 1. The number of hydrogen-bond donors (Lipinski definition) is 0. The van der Waals surface area contributed by atoms with Crippen molar-refractivity contribution in [2.45, 2.75) is 38.2 Å². The molecule has 0 amide bonds. The molecule has 0 saturated carbocycles. The summed E-state index contributed by atoms with van der Waals surface area (Å²) in [5, 5.41) is 0.607. The van der Waals surface area contributed by atoms with E-state index in [0.717, 1.165) is 4.90 Å². The van der Waals surface area contributed by atoms with Gasteiger partial charge in [0, 0.05) is 4.90 Å². The zero-order valence-corrected chi connectivity index (χ0v) is 13.7. The van der Waals surface area contributed by atoms with Gasteiger partial charge in [-0.15, -0.1) is 11.8 Å². The predicted octanol–water partition coefficient (Wildman–Crippen LogP) is 3.98. The first kappa shape index (κ1) is 17.1. The molecule has 20 heavy (non-hydrogen) atoms. The average molecular weight is 315 g/mol. The van der Waals surface area contributed by atoms with Crippen LogP contribution in [0.5, 0.6) is 0 Å². The molecule has 1 unspecified atom stereocenters. The number of hydrogen-bond acceptors (Lipinski definition) is 4. The fourth-order valence-electron chi connectivity index (χ4n) is 1.36. The highest BCUT2D eigenvalue weighted by Crippen LogP contribution is 2.27. The molecule has 1 atom stereocenters. The van der Waals surface area contributed by atoms with Gasteiger partial charge < -0.3 is 4.74 Å². The lowest BCUT2D eigenvalue weighted by Gasteiger charge is -2.21. The summed E-state index contributed by atoms with van der Waals surface area (Å²) in [4.78, 5) is 24.6. The maximum atomic E-state index is 12.0. The summed E-state index contributed by atoms with van der Waals surface area (Å²) < 4.78 is 5.20. The van der Waals surface area contributed by atoms with E-state index in [-0.39, 0.29) is 11.5 Å². The molecule has 0 heterocycles. The van der Waals surface area contributed by atoms with Crippen molar-refractivity contribution in [1.29, 1.82) is 0 Å². The van der Waals surface area contributed by atoms with Crippen LogP contribution in [0.1, 0.15) is 27.7 Å². The monoisotopic (exact) mass is 314 g/mol. The lowest BCUT2D eigenvalue weighted by molar-refractivity contribution is -0.160. The van der Waals surface area contributed by atoms with Crippen LogP contribution in [0.3, 0.4) is 0 Å². The molecule has 3 nitrogen and oxygen atoms in total. The van der Waals surface area contributed by atoms with Gasteiger partial charge in [0.2, 0.25) is 0 Å². The van der Waals surface area contributed by atoms with Crippen LogP contribution in [0.4, 0.5) is 0 Å². The Labute approximate surface area is 129 Å². The zero-order valence-electron chi connectivity index (χ0n) is 12.1.